The Bertz CT molecular complexity index is 1010. The molecular weight excluding hydrogens is 432 g/mol. The van der Waals surface area contributed by atoms with Gasteiger partial charge in [0.05, 0.1) is 12.3 Å². The van der Waals surface area contributed by atoms with E-state index in [1.165, 1.54) is 11.1 Å². The van der Waals surface area contributed by atoms with Crippen LogP contribution in [0.5, 0.6) is 0 Å². The van der Waals surface area contributed by atoms with Crippen LogP contribution in [0.3, 0.4) is 0 Å². The van der Waals surface area contributed by atoms with Crippen molar-refractivity contribution < 1.29 is 24.2 Å². The van der Waals surface area contributed by atoms with Crippen LogP contribution < -0.4 is 10.6 Å². The molecule has 180 valence electrons. The summed E-state index contributed by atoms with van der Waals surface area (Å²) in [5.74, 6) is -1.53. The van der Waals surface area contributed by atoms with Gasteiger partial charge in [-0.15, -0.1) is 0 Å². The maximum absolute atomic E-state index is 12.8. The van der Waals surface area contributed by atoms with Crippen molar-refractivity contribution in [1.82, 2.24) is 10.6 Å². The van der Waals surface area contributed by atoms with E-state index in [1.54, 1.807) is 0 Å². The summed E-state index contributed by atoms with van der Waals surface area (Å²) in [5, 5.41) is 14.9. The van der Waals surface area contributed by atoms with Crippen LogP contribution in [0, 0.1) is 5.92 Å². The SMILES string of the molecule is CCC[C@@H](CC(=O)O)NC(=O)[C@H]1CCC[C@H]1NC(=O)OCC1c2ccccc2-c2ccccc21. The van der Waals surface area contributed by atoms with E-state index in [9.17, 15) is 14.4 Å². The van der Waals surface area contributed by atoms with Gasteiger partial charge in [-0.3, -0.25) is 9.59 Å². The van der Waals surface area contributed by atoms with Crippen LogP contribution in [0.1, 0.15) is 62.5 Å². The molecule has 4 rings (SSSR count). The molecule has 2 aromatic rings. The van der Waals surface area contributed by atoms with Gasteiger partial charge in [0.1, 0.15) is 6.61 Å². The molecular formula is C27H32N2O5. The van der Waals surface area contributed by atoms with Crippen molar-refractivity contribution in [2.75, 3.05) is 6.61 Å². The topological polar surface area (TPSA) is 105 Å². The molecule has 1 saturated carbocycles. The van der Waals surface area contributed by atoms with E-state index >= 15 is 0 Å². The maximum atomic E-state index is 12.8. The maximum Gasteiger partial charge on any atom is 0.407 e. The van der Waals surface area contributed by atoms with Crippen LogP contribution in [-0.2, 0) is 14.3 Å². The van der Waals surface area contributed by atoms with E-state index in [-0.39, 0.29) is 36.8 Å². The molecule has 0 heterocycles. The van der Waals surface area contributed by atoms with Crippen molar-refractivity contribution in [3.8, 4) is 11.1 Å². The monoisotopic (exact) mass is 464 g/mol. The normalized spacial score (nSPS) is 19.7. The number of ether oxygens (including phenoxy) is 1. The molecule has 3 N–H and O–H groups in total. The number of fused-ring (bicyclic) bond motifs is 3. The Morgan fingerprint density at radius 3 is 2.29 bits per heavy atom. The minimum absolute atomic E-state index is 0.0216. The van der Waals surface area contributed by atoms with E-state index in [0.717, 1.165) is 24.0 Å². The van der Waals surface area contributed by atoms with Gasteiger partial charge in [-0.05, 0) is 41.5 Å². The first-order valence-corrected chi connectivity index (χ1v) is 12.1. The summed E-state index contributed by atoms with van der Waals surface area (Å²) in [6, 6.07) is 15.6. The number of aliphatic carboxylic acids is 1. The molecule has 34 heavy (non-hydrogen) atoms. The molecule has 0 aliphatic heterocycles. The Morgan fingerprint density at radius 1 is 1.03 bits per heavy atom. The van der Waals surface area contributed by atoms with Gasteiger partial charge < -0.3 is 20.5 Å². The molecule has 2 aliphatic carbocycles. The predicted octanol–water partition coefficient (Wildman–Crippen LogP) is 4.45. The van der Waals surface area contributed by atoms with E-state index in [1.807, 2.05) is 31.2 Å². The number of hydrogen-bond acceptors (Lipinski definition) is 4. The lowest BCUT2D eigenvalue weighted by Crippen LogP contribution is -2.47. The van der Waals surface area contributed by atoms with Crippen LogP contribution in [0.15, 0.2) is 48.5 Å². The van der Waals surface area contributed by atoms with E-state index in [4.69, 9.17) is 9.84 Å². The molecule has 0 radical (unpaired) electrons. The number of carboxylic acid groups (broad SMARTS) is 1. The third kappa shape index (κ3) is 5.24. The first kappa shape index (κ1) is 23.8. The van der Waals surface area contributed by atoms with Gasteiger partial charge in [0.2, 0.25) is 5.91 Å². The lowest BCUT2D eigenvalue weighted by atomic mass is 9.98. The summed E-state index contributed by atoms with van der Waals surface area (Å²) in [6.45, 7) is 2.18. The van der Waals surface area contributed by atoms with E-state index < -0.39 is 18.1 Å². The summed E-state index contributed by atoms with van der Waals surface area (Å²) in [4.78, 5) is 36.6. The Labute approximate surface area is 199 Å². The Balaban J connectivity index is 1.35. The highest BCUT2D eigenvalue weighted by Gasteiger charge is 2.36. The summed E-state index contributed by atoms with van der Waals surface area (Å²) < 4.78 is 5.64. The molecule has 0 spiro atoms. The first-order valence-electron chi connectivity index (χ1n) is 12.1. The van der Waals surface area contributed by atoms with Crippen LogP contribution in [0.2, 0.25) is 0 Å². The van der Waals surface area contributed by atoms with Gasteiger partial charge >= 0.3 is 12.1 Å². The largest absolute Gasteiger partial charge is 0.481 e. The van der Waals surface area contributed by atoms with Gasteiger partial charge in [-0.25, -0.2) is 4.79 Å². The zero-order chi connectivity index (χ0) is 24.1. The summed E-state index contributed by atoms with van der Waals surface area (Å²) in [6.07, 6.45) is 2.94. The molecule has 2 aliphatic rings. The molecule has 1 fully saturated rings. The minimum atomic E-state index is -0.932. The Hall–Kier alpha value is -3.35. The molecule has 0 saturated heterocycles. The van der Waals surface area contributed by atoms with Crippen molar-refractivity contribution in [3.63, 3.8) is 0 Å². The second-order valence-electron chi connectivity index (χ2n) is 9.21. The third-order valence-electron chi connectivity index (χ3n) is 6.90. The average molecular weight is 465 g/mol. The average Bonchev–Trinajstić information content (AvgIpc) is 3.40. The Kier molecular flexibility index (Phi) is 7.50. The van der Waals surface area contributed by atoms with Gasteiger partial charge in [0.15, 0.2) is 0 Å². The van der Waals surface area contributed by atoms with E-state index in [0.29, 0.717) is 19.3 Å². The number of carbonyl (C=O) groups is 3. The van der Waals surface area contributed by atoms with Gasteiger partial charge in [0, 0.05) is 18.0 Å². The standard InChI is InChI=1S/C27H32N2O5/c1-2-8-17(15-25(30)31)28-26(32)22-13-7-14-24(22)29-27(33)34-16-23-20-11-5-3-9-18(20)19-10-4-6-12-21(19)23/h3-6,9-12,17,22-24H,2,7-8,13-16H2,1H3,(H,28,32)(H,29,33)(H,30,31)/t17-,22-,24+/m0/s1. The van der Waals surface area contributed by atoms with Crippen molar-refractivity contribution in [2.45, 2.75) is 63.5 Å². The molecule has 0 aromatic heterocycles. The van der Waals surface area contributed by atoms with Gasteiger partial charge in [-0.2, -0.15) is 0 Å². The van der Waals surface area contributed by atoms with Crippen LogP contribution in [0.4, 0.5) is 4.79 Å². The third-order valence-corrected chi connectivity index (χ3v) is 6.90. The number of nitrogens with one attached hydrogen (secondary N) is 2. The van der Waals surface area contributed by atoms with Crippen molar-refractivity contribution >= 4 is 18.0 Å². The predicted molar refractivity (Wildman–Crippen MR) is 128 cm³/mol. The van der Waals surface area contributed by atoms with Gasteiger partial charge in [-0.1, -0.05) is 68.3 Å². The van der Waals surface area contributed by atoms with Crippen molar-refractivity contribution in [3.05, 3.63) is 59.7 Å². The molecule has 2 aromatic carbocycles. The van der Waals surface area contributed by atoms with Crippen LogP contribution in [-0.4, -0.2) is 41.8 Å². The van der Waals surface area contributed by atoms with Crippen LogP contribution in [0.25, 0.3) is 11.1 Å². The quantitative estimate of drug-likeness (QED) is 0.508. The molecule has 0 unspecified atom stereocenters. The highest BCUT2D eigenvalue weighted by molar-refractivity contribution is 5.82. The number of alkyl carbamates (subject to hydrolysis) is 1. The lowest BCUT2D eigenvalue weighted by molar-refractivity contribution is -0.137. The summed E-state index contributed by atoms with van der Waals surface area (Å²) >= 11 is 0. The van der Waals surface area contributed by atoms with E-state index in [2.05, 4.69) is 34.9 Å². The molecule has 0 bridgehead atoms. The first-order chi connectivity index (χ1) is 16.5. The number of hydrogen-bond donors (Lipinski definition) is 3. The fourth-order valence-electron chi connectivity index (χ4n) is 5.33. The number of benzene rings is 2. The number of carbonyl (C=O) groups excluding carboxylic acids is 2. The highest BCUT2D eigenvalue weighted by Crippen LogP contribution is 2.44. The fraction of sp³-hybridized carbons (Fsp3) is 0.444. The summed E-state index contributed by atoms with van der Waals surface area (Å²) in [5.41, 5.74) is 4.63. The van der Waals surface area contributed by atoms with Gasteiger partial charge in [0.25, 0.3) is 0 Å². The summed E-state index contributed by atoms with van der Waals surface area (Å²) in [7, 11) is 0. The number of rotatable bonds is 9. The zero-order valence-corrected chi connectivity index (χ0v) is 19.5. The lowest BCUT2D eigenvalue weighted by Gasteiger charge is -2.24. The zero-order valence-electron chi connectivity index (χ0n) is 19.5. The number of carboxylic acids is 1. The van der Waals surface area contributed by atoms with Crippen molar-refractivity contribution in [1.29, 1.82) is 0 Å². The Morgan fingerprint density at radius 2 is 1.68 bits per heavy atom. The second kappa shape index (κ2) is 10.7. The minimum Gasteiger partial charge on any atom is -0.481 e. The number of amides is 2. The van der Waals surface area contributed by atoms with Crippen molar-refractivity contribution in [2.24, 2.45) is 5.92 Å². The molecule has 3 atom stereocenters. The molecule has 2 amide bonds. The second-order valence-corrected chi connectivity index (χ2v) is 9.21. The molecule has 7 nitrogen and oxygen atoms in total. The highest BCUT2D eigenvalue weighted by atomic mass is 16.5. The smallest absolute Gasteiger partial charge is 0.407 e. The van der Waals surface area contributed by atoms with Crippen LogP contribution >= 0.6 is 0 Å². The fourth-order valence-corrected chi connectivity index (χ4v) is 5.33. The molecule has 7 heteroatoms.